The van der Waals surface area contributed by atoms with Gasteiger partial charge in [0.25, 0.3) is 5.91 Å². The average molecular weight is 400 g/mol. The van der Waals surface area contributed by atoms with Crippen LogP contribution in [0, 0.1) is 5.82 Å². The minimum absolute atomic E-state index is 0.0368. The van der Waals surface area contributed by atoms with Crippen LogP contribution in [-0.4, -0.2) is 36.8 Å². The average Bonchev–Trinajstić information content (AvgIpc) is 3.35. The second-order valence-electron chi connectivity index (χ2n) is 6.59. The number of amides is 1. The summed E-state index contributed by atoms with van der Waals surface area (Å²) in [4.78, 5) is 19.3. The summed E-state index contributed by atoms with van der Waals surface area (Å²) in [5.74, 6) is -0.182. The molecule has 2 heterocycles. The summed E-state index contributed by atoms with van der Waals surface area (Å²) in [6, 6.07) is 11.7. The maximum atomic E-state index is 14.3. The van der Waals surface area contributed by atoms with Gasteiger partial charge in [-0.3, -0.25) is 9.69 Å². The minimum atomic E-state index is -0.537. The largest absolute Gasteiger partial charge is 0.494 e. The third kappa shape index (κ3) is 3.86. The van der Waals surface area contributed by atoms with Crippen LogP contribution in [0.5, 0.6) is 5.75 Å². The van der Waals surface area contributed by atoms with Gasteiger partial charge >= 0.3 is 0 Å². The highest BCUT2D eigenvalue weighted by Gasteiger charge is 2.28. The highest BCUT2D eigenvalue weighted by atomic mass is 32.1. The summed E-state index contributed by atoms with van der Waals surface area (Å²) < 4.78 is 26.4. The molecule has 7 heteroatoms. The topological polar surface area (TPSA) is 51.7 Å². The first-order valence-corrected chi connectivity index (χ1v) is 10.2. The number of nitrogens with zero attached hydrogens (tertiary/aromatic N) is 2. The van der Waals surface area contributed by atoms with E-state index in [2.05, 4.69) is 4.98 Å². The molecular formula is C21H21FN2O3S. The summed E-state index contributed by atoms with van der Waals surface area (Å²) in [5, 5.41) is 0.535. The van der Waals surface area contributed by atoms with Crippen molar-refractivity contribution in [3.05, 3.63) is 53.8 Å². The van der Waals surface area contributed by atoms with Gasteiger partial charge < -0.3 is 9.47 Å². The maximum absolute atomic E-state index is 14.3. The molecule has 3 aromatic rings. The van der Waals surface area contributed by atoms with E-state index in [1.54, 1.807) is 17.0 Å². The van der Waals surface area contributed by atoms with E-state index < -0.39 is 11.7 Å². The van der Waals surface area contributed by atoms with Gasteiger partial charge in [-0.25, -0.2) is 9.37 Å². The number of fused-ring (bicyclic) bond motifs is 1. The third-order valence-corrected chi connectivity index (χ3v) is 5.69. The summed E-state index contributed by atoms with van der Waals surface area (Å²) in [7, 11) is 0. The van der Waals surface area contributed by atoms with Crippen molar-refractivity contribution in [2.45, 2.75) is 25.9 Å². The smallest absolute Gasteiger partial charge is 0.263 e. The van der Waals surface area contributed by atoms with E-state index in [0.717, 1.165) is 28.8 Å². The fourth-order valence-corrected chi connectivity index (χ4v) is 4.29. The molecule has 0 aliphatic carbocycles. The molecule has 28 heavy (non-hydrogen) atoms. The van der Waals surface area contributed by atoms with Gasteiger partial charge in [-0.2, -0.15) is 0 Å². The summed E-state index contributed by atoms with van der Waals surface area (Å²) in [6.45, 7) is 3.54. The summed E-state index contributed by atoms with van der Waals surface area (Å²) >= 11 is 1.39. The lowest BCUT2D eigenvalue weighted by atomic mass is 10.1. The predicted molar refractivity (Wildman–Crippen MR) is 108 cm³/mol. The molecule has 1 atom stereocenters. The molecule has 1 fully saturated rings. The molecule has 0 spiro atoms. The zero-order valence-electron chi connectivity index (χ0n) is 15.6. The zero-order valence-corrected chi connectivity index (χ0v) is 16.4. The van der Waals surface area contributed by atoms with E-state index in [0.29, 0.717) is 24.9 Å². The highest BCUT2D eigenvalue weighted by molar-refractivity contribution is 7.22. The molecule has 5 nitrogen and oxygen atoms in total. The lowest BCUT2D eigenvalue weighted by Gasteiger charge is -2.23. The quantitative estimate of drug-likeness (QED) is 0.604. The van der Waals surface area contributed by atoms with Crippen molar-refractivity contribution < 1.29 is 18.7 Å². The number of thiazole rings is 1. The van der Waals surface area contributed by atoms with E-state index >= 15 is 0 Å². The van der Waals surface area contributed by atoms with E-state index in [1.807, 2.05) is 25.1 Å². The number of hydrogen-bond donors (Lipinski definition) is 0. The Morgan fingerprint density at radius 1 is 1.36 bits per heavy atom. The number of carbonyl (C=O) groups is 1. The molecule has 1 unspecified atom stereocenters. The van der Waals surface area contributed by atoms with Gasteiger partial charge in [-0.15, -0.1) is 0 Å². The molecule has 0 N–H and O–H groups in total. The molecular weight excluding hydrogens is 379 g/mol. The molecule has 0 saturated carbocycles. The Hall–Kier alpha value is -2.51. The van der Waals surface area contributed by atoms with Gasteiger partial charge in [0.15, 0.2) is 5.13 Å². The van der Waals surface area contributed by atoms with Crippen LogP contribution in [0.25, 0.3) is 10.2 Å². The lowest BCUT2D eigenvalue weighted by Crippen LogP contribution is -2.37. The maximum Gasteiger partial charge on any atom is 0.263 e. The van der Waals surface area contributed by atoms with Crippen molar-refractivity contribution in [1.82, 2.24) is 4.98 Å². The summed E-state index contributed by atoms with van der Waals surface area (Å²) in [6.07, 6.45) is 1.77. The number of carbonyl (C=O) groups excluding carboxylic acids is 1. The number of benzene rings is 2. The van der Waals surface area contributed by atoms with Crippen LogP contribution in [0.4, 0.5) is 9.52 Å². The Balaban J connectivity index is 1.71. The molecule has 2 aromatic carbocycles. The first-order valence-electron chi connectivity index (χ1n) is 9.37. The molecule has 1 aromatic heterocycles. The van der Waals surface area contributed by atoms with Crippen LogP contribution in [0.2, 0.25) is 0 Å². The number of aromatic nitrogens is 1. The van der Waals surface area contributed by atoms with Crippen LogP contribution in [0.15, 0.2) is 42.5 Å². The SMILES string of the molecule is CCOc1ccc2nc(N(CC3CCCO3)C(=O)c3ccccc3F)sc2c1. The standard InChI is InChI=1S/C21H21FN2O3S/c1-2-26-14-9-10-18-19(12-14)28-21(23-18)24(13-15-6-5-11-27-15)20(25)16-7-3-4-8-17(16)22/h3-4,7-10,12,15H,2,5-6,11,13H2,1H3. The Kier molecular flexibility index (Phi) is 5.54. The highest BCUT2D eigenvalue weighted by Crippen LogP contribution is 2.33. The van der Waals surface area contributed by atoms with Gasteiger partial charge in [0.1, 0.15) is 11.6 Å². The fraction of sp³-hybridized carbons (Fsp3) is 0.333. The van der Waals surface area contributed by atoms with E-state index in [-0.39, 0.29) is 11.7 Å². The number of anilines is 1. The van der Waals surface area contributed by atoms with Gasteiger partial charge in [-0.1, -0.05) is 23.5 Å². The van der Waals surface area contributed by atoms with Crippen molar-refractivity contribution in [2.75, 3.05) is 24.7 Å². The Morgan fingerprint density at radius 2 is 2.21 bits per heavy atom. The van der Waals surface area contributed by atoms with E-state index in [1.165, 1.54) is 23.5 Å². The first kappa shape index (κ1) is 18.8. The fourth-order valence-electron chi connectivity index (χ4n) is 3.28. The zero-order chi connectivity index (χ0) is 19.5. The van der Waals surface area contributed by atoms with E-state index in [4.69, 9.17) is 9.47 Å². The van der Waals surface area contributed by atoms with Crippen molar-refractivity contribution in [3.63, 3.8) is 0 Å². The Labute approximate surface area is 166 Å². The van der Waals surface area contributed by atoms with Crippen molar-refractivity contribution in [2.24, 2.45) is 0 Å². The van der Waals surface area contributed by atoms with Gasteiger partial charge in [0.05, 0.1) is 35.0 Å². The molecule has 0 bridgehead atoms. The van der Waals surface area contributed by atoms with Crippen LogP contribution < -0.4 is 9.64 Å². The van der Waals surface area contributed by atoms with Crippen LogP contribution in [-0.2, 0) is 4.74 Å². The molecule has 1 saturated heterocycles. The monoisotopic (exact) mass is 400 g/mol. The number of ether oxygens (including phenoxy) is 2. The van der Waals surface area contributed by atoms with Gasteiger partial charge in [-0.05, 0) is 50.1 Å². The van der Waals surface area contributed by atoms with Crippen molar-refractivity contribution in [1.29, 1.82) is 0 Å². The second-order valence-corrected chi connectivity index (χ2v) is 7.60. The van der Waals surface area contributed by atoms with E-state index in [9.17, 15) is 9.18 Å². The van der Waals surface area contributed by atoms with Crippen LogP contribution in [0.1, 0.15) is 30.1 Å². The third-order valence-electron chi connectivity index (χ3n) is 4.65. The predicted octanol–water partition coefficient (Wildman–Crippen LogP) is 4.66. The molecule has 1 amide bonds. The molecule has 0 radical (unpaired) electrons. The Morgan fingerprint density at radius 3 is 2.96 bits per heavy atom. The normalized spacial score (nSPS) is 16.4. The van der Waals surface area contributed by atoms with Gasteiger partial charge in [0.2, 0.25) is 0 Å². The molecule has 1 aliphatic heterocycles. The molecule has 1 aliphatic rings. The Bertz CT molecular complexity index is 985. The number of rotatable bonds is 6. The van der Waals surface area contributed by atoms with Gasteiger partial charge in [0, 0.05) is 6.61 Å². The minimum Gasteiger partial charge on any atom is -0.494 e. The van der Waals surface area contributed by atoms with Crippen molar-refractivity contribution >= 4 is 32.6 Å². The molecule has 4 rings (SSSR count). The second kappa shape index (κ2) is 8.24. The number of halogens is 1. The summed E-state index contributed by atoms with van der Waals surface area (Å²) in [5.41, 5.74) is 0.817. The van der Waals surface area contributed by atoms with Crippen molar-refractivity contribution in [3.8, 4) is 5.75 Å². The first-order chi connectivity index (χ1) is 13.7. The molecule has 146 valence electrons. The number of hydrogen-bond acceptors (Lipinski definition) is 5. The lowest BCUT2D eigenvalue weighted by molar-refractivity contribution is 0.0914. The van der Waals surface area contributed by atoms with Crippen LogP contribution in [0.3, 0.4) is 0 Å². The van der Waals surface area contributed by atoms with Crippen LogP contribution >= 0.6 is 11.3 Å².